The highest BCUT2D eigenvalue weighted by atomic mass is 32.2. The number of hydrogen-bond acceptors (Lipinski definition) is 6. The van der Waals surface area contributed by atoms with Gasteiger partial charge in [-0.05, 0) is 60.3 Å². The zero-order valence-electron chi connectivity index (χ0n) is 17.0. The fourth-order valence-corrected chi connectivity index (χ4v) is 4.61. The van der Waals surface area contributed by atoms with Gasteiger partial charge in [0.25, 0.3) is 5.91 Å². The maximum atomic E-state index is 13.3. The van der Waals surface area contributed by atoms with Crippen LogP contribution in [0.15, 0.2) is 93.7 Å². The number of methoxy groups -OCH3 is 1. The van der Waals surface area contributed by atoms with Crippen LogP contribution < -0.4 is 14.8 Å². The summed E-state index contributed by atoms with van der Waals surface area (Å²) in [6, 6.07) is 22.5. The number of benzene rings is 3. The molecule has 1 fully saturated rings. The fraction of sp³-hybridized carbons (Fsp3) is 0.0435. The Morgan fingerprint density at radius 3 is 2.28 bits per heavy atom. The predicted molar refractivity (Wildman–Crippen MR) is 127 cm³/mol. The number of nitrogens with two attached hydrogens (primary N) is 1. The number of amidine groups is 1. The molecule has 0 atom stereocenters. The Balaban J connectivity index is 1.76. The molecule has 1 aliphatic heterocycles. The van der Waals surface area contributed by atoms with E-state index in [0.717, 1.165) is 5.56 Å². The van der Waals surface area contributed by atoms with Crippen LogP contribution in [0.2, 0.25) is 0 Å². The Morgan fingerprint density at radius 2 is 1.62 bits per heavy atom. The van der Waals surface area contributed by atoms with Gasteiger partial charge in [0, 0.05) is 5.56 Å². The SMILES string of the molecule is COc1ccccc1/C=C1\SC(=Nc2ccc(S(N)(=O)=O)cc2)N(c2ccccc2)C1=O. The molecule has 0 spiro atoms. The van der Waals surface area contributed by atoms with E-state index in [1.54, 1.807) is 25.3 Å². The predicted octanol–water partition coefficient (Wildman–Crippen LogP) is 4.15. The number of carbonyl (C=O) groups is 1. The summed E-state index contributed by atoms with van der Waals surface area (Å²) >= 11 is 1.23. The number of sulfonamides is 1. The second kappa shape index (κ2) is 8.99. The molecule has 4 rings (SSSR count). The van der Waals surface area contributed by atoms with Gasteiger partial charge in [0.05, 0.1) is 28.3 Å². The summed E-state index contributed by atoms with van der Waals surface area (Å²) in [7, 11) is -2.22. The third-order valence-corrected chi connectivity index (χ3v) is 6.53. The number of amides is 1. The molecule has 162 valence electrons. The minimum absolute atomic E-state index is 0.00623. The number of ether oxygens (including phenoxy) is 1. The average Bonchev–Trinajstić information content (AvgIpc) is 3.09. The van der Waals surface area contributed by atoms with Crippen molar-refractivity contribution in [1.29, 1.82) is 0 Å². The van der Waals surface area contributed by atoms with Crippen LogP contribution in [0.4, 0.5) is 11.4 Å². The molecular formula is C23H19N3O4S2. The lowest BCUT2D eigenvalue weighted by Crippen LogP contribution is -2.28. The first-order valence-corrected chi connectivity index (χ1v) is 11.9. The van der Waals surface area contributed by atoms with E-state index in [9.17, 15) is 13.2 Å². The molecule has 0 aliphatic carbocycles. The number of primary sulfonamides is 1. The van der Waals surface area contributed by atoms with E-state index in [1.165, 1.54) is 28.8 Å². The molecule has 0 saturated carbocycles. The fourth-order valence-electron chi connectivity index (χ4n) is 3.10. The van der Waals surface area contributed by atoms with E-state index >= 15 is 0 Å². The zero-order valence-corrected chi connectivity index (χ0v) is 18.6. The Hall–Kier alpha value is -3.40. The number of hydrogen-bond donors (Lipinski definition) is 1. The minimum Gasteiger partial charge on any atom is -0.496 e. The van der Waals surface area contributed by atoms with Gasteiger partial charge in [-0.2, -0.15) is 0 Å². The van der Waals surface area contributed by atoms with Crippen molar-refractivity contribution in [2.24, 2.45) is 10.1 Å². The van der Waals surface area contributed by atoms with Gasteiger partial charge in [0.15, 0.2) is 5.17 Å². The van der Waals surface area contributed by atoms with Crippen molar-refractivity contribution in [3.63, 3.8) is 0 Å². The topological polar surface area (TPSA) is 102 Å². The third kappa shape index (κ3) is 4.59. The maximum Gasteiger partial charge on any atom is 0.271 e. The Bertz CT molecular complexity index is 1320. The number of thioether (sulfide) groups is 1. The van der Waals surface area contributed by atoms with Gasteiger partial charge in [-0.1, -0.05) is 36.4 Å². The van der Waals surface area contributed by atoms with Gasteiger partial charge in [-0.3, -0.25) is 9.69 Å². The van der Waals surface area contributed by atoms with Crippen LogP contribution in [0.25, 0.3) is 6.08 Å². The van der Waals surface area contributed by atoms with Gasteiger partial charge in [0.1, 0.15) is 5.75 Å². The third-order valence-electron chi connectivity index (χ3n) is 4.64. The number of rotatable bonds is 5. The maximum absolute atomic E-state index is 13.3. The van der Waals surface area contributed by atoms with Crippen molar-refractivity contribution in [3.8, 4) is 5.75 Å². The van der Waals surface area contributed by atoms with Crippen LogP contribution in [0, 0.1) is 0 Å². The molecular weight excluding hydrogens is 446 g/mol. The van der Waals surface area contributed by atoms with Crippen molar-refractivity contribution in [1.82, 2.24) is 0 Å². The smallest absolute Gasteiger partial charge is 0.271 e. The molecule has 1 aliphatic rings. The molecule has 0 bridgehead atoms. The van der Waals surface area contributed by atoms with Crippen LogP contribution in [0.1, 0.15) is 5.56 Å². The van der Waals surface area contributed by atoms with E-state index in [0.29, 0.717) is 27.2 Å². The van der Waals surface area contributed by atoms with Gasteiger partial charge in [-0.15, -0.1) is 0 Å². The summed E-state index contributed by atoms with van der Waals surface area (Å²) in [4.78, 5) is 19.9. The quantitative estimate of drug-likeness (QED) is 0.570. The highest BCUT2D eigenvalue weighted by molar-refractivity contribution is 8.19. The monoisotopic (exact) mass is 465 g/mol. The summed E-state index contributed by atoms with van der Waals surface area (Å²) < 4.78 is 28.4. The average molecular weight is 466 g/mol. The number of anilines is 1. The van der Waals surface area contributed by atoms with E-state index < -0.39 is 10.0 Å². The van der Waals surface area contributed by atoms with Gasteiger partial charge >= 0.3 is 0 Å². The Labute approximate surface area is 190 Å². The molecule has 9 heteroatoms. The zero-order chi connectivity index (χ0) is 22.7. The molecule has 3 aromatic rings. The molecule has 32 heavy (non-hydrogen) atoms. The number of aliphatic imine (C=N–C) groups is 1. The number of carbonyl (C=O) groups excluding carboxylic acids is 1. The van der Waals surface area contributed by atoms with Gasteiger partial charge in [0.2, 0.25) is 10.0 Å². The lowest BCUT2D eigenvalue weighted by atomic mass is 10.2. The minimum atomic E-state index is -3.80. The summed E-state index contributed by atoms with van der Waals surface area (Å²) in [6.07, 6.45) is 1.77. The molecule has 0 unspecified atom stereocenters. The normalized spacial score (nSPS) is 16.7. The van der Waals surface area contributed by atoms with E-state index in [-0.39, 0.29) is 10.8 Å². The number of nitrogens with zero attached hydrogens (tertiary/aromatic N) is 2. The largest absolute Gasteiger partial charge is 0.496 e. The van der Waals surface area contributed by atoms with E-state index in [4.69, 9.17) is 9.88 Å². The standard InChI is InChI=1S/C23H19N3O4S2/c1-30-20-10-6-5-7-16(20)15-21-22(27)26(18-8-3-2-4-9-18)23(31-21)25-17-11-13-19(14-12-17)32(24,28)29/h2-15H,1H3,(H2,24,28,29)/b21-15-,25-23?. The van der Waals surface area contributed by atoms with E-state index in [2.05, 4.69) is 4.99 Å². The van der Waals surface area contributed by atoms with Crippen molar-refractivity contribution in [2.75, 3.05) is 12.0 Å². The van der Waals surface area contributed by atoms with Crippen molar-refractivity contribution in [3.05, 3.63) is 89.3 Å². The highest BCUT2D eigenvalue weighted by Crippen LogP contribution is 2.38. The molecule has 7 nitrogen and oxygen atoms in total. The van der Waals surface area contributed by atoms with Crippen LogP contribution >= 0.6 is 11.8 Å². The first-order chi connectivity index (χ1) is 15.4. The molecule has 0 aromatic heterocycles. The van der Waals surface area contributed by atoms with Gasteiger partial charge in [-0.25, -0.2) is 18.5 Å². The summed E-state index contributed by atoms with van der Waals surface area (Å²) in [6.45, 7) is 0. The van der Waals surface area contributed by atoms with Crippen molar-refractivity contribution < 1.29 is 17.9 Å². The lowest BCUT2D eigenvalue weighted by Gasteiger charge is -2.15. The molecule has 1 heterocycles. The molecule has 2 N–H and O–H groups in total. The Kier molecular flexibility index (Phi) is 6.13. The van der Waals surface area contributed by atoms with Gasteiger partial charge < -0.3 is 4.74 Å². The van der Waals surface area contributed by atoms with Crippen LogP contribution in [-0.2, 0) is 14.8 Å². The Morgan fingerprint density at radius 1 is 0.969 bits per heavy atom. The first-order valence-electron chi connectivity index (χ1n) is 9.50. The van der Waals surface area contributed by atoms with Crippen LogP contribution in [0.5, 0.6) is 5.75 Å². The summed E-state index contributed by atoms with van der Waals surface area (Å²) in [5.74, 6) is 0.440. The van der Waals surface area contributed by atoms with Crippen LogP contribution in [-0.4, -0.2) is 26.6 Å². The van der Waals surface area contributed by atoms with E-state index in [1.807, 2.05) is 54.6 Å². The molecule has 0 radical (unpaired) electrons. The lowest BCUT2D eigenvalue weighted by molar-refractivity contribution is -0.113. The highest BCUT2D eigenvalue weighted by Gasteiger charge is 2.34. The van der Waals surface area contributed by atoms with Crippen molar-refractivity contribution in [2.45, 2.75) is 4.90 Å². The first kappa shape index (κ1) is 21.8. The molecule has 1 amide bonds. The second-order valence-electron chi connectivity index (χ2n) is 6.76. The molecule has 1 saturated heterocycles. The second-order valence-corrected chi connectivity index (χ2v) is 9.33. The number of para-hydroxylation sites is 2. The van der Waals surface area contributed by atoms with Crippen LogP contribution in [0.3, 0.4) is 0 Å². The molecule has 3 aromatic carbocycles. The van der Waals surface area contributed by atoms with Crippen molar-refractivity contribution >= 4 is 50.3 Å². The summed E-state index contributed by atoms with van der Waals surface area (Å²) in [5.41, 5.74) is 1.94. The summed E-state index contributed by atoms with van der Waals surface area (Å²) in [5, 5.41) is 5.61.